The van der Waals surface area contributed by atoms with Crippen LogP contribution in [0.5, 0.6) is 0 Å². The molecule has 1 N–H and O–H groups in total. The Hall–Kier alpha value is -1.58. The Morgan fingerprint density at radius 2 is 2.17 bits per heavy atom. The van der Waals surface area contributed by atoms with Gasteiger partial charge in [0.05, 0.1) is 24.5 Å². The lowest BCUT2D eigenvalue weighted by Crippen LogP contribution is -2.47. The van der Waals surface area contributed by atoms with Gasteiger partial charge in [0.1, 0.15) is 0 Å². The van der Waals surface area contributed by atoms with Crippen molar-refractivity contribution in [2.75, 3.05) is 25.9 Å². The minimum Gasteiger partial charge on any atom is -0.368 e. The van der Waals surface area contributed by atoms with Crippen LogP contribution in [0.15, 0.2) is 18.5 Å². The first kappa shape index (κ1) is 17.2. The van der Waals surface area contributed by atoms with Gasteiger partial charge >= 0.3 is 0 Å². The number of aromatic nitrogens is 2. The summed E-state index contributed by atoms with van der Waals surface area (Å²) in [5.41, 5.74) is -0.382. The average Bonchev–Trinajstić information content (AvgIpc) is 2.96. The van der Waals surface area contributed by atoms with Crippen molar-refractivity contribution in [2.45, 2.75) is 37.4 Å². The molecule has 2 atom stereocenters. The summed E-state index contributed by atoms with van der Waals surface area (Å²) in [6.45, 7) is 1.37. The number of sulfonamides is 1. The number of rotatable bonds is 4. The minimum atomic E-state index is -3.23. The lowest BCUT2D eigenvalue weighted by molar-refractivity contribution is -0.116. The molecule has 2 aliphatic rings. The third kappa shape index (κ3) is 4.08. The van der Waals surface area contributed by atoms with E-state index in [1.54, 1.807) is 23.4 Å². The molecule has 2 saturated heterocycles. The summed E-state index contributed by atoms with van der Waals surface area (Å²) in [6, 6.07) is 1.67. The molecule has 132 valence electrons. The number of hydrogen-bond acceptors (Lipinski definition) is 6. The summed E-state index contributed by atoms with van der Waals surface area (Å²) >= 11 is 0. The highest BCUT2D eigenvalue weighted by atomic mass is 32.2. The molecule has 0 saturated carbocycles. The topological polar surface area (TPSA) is 101 Å². The highest BCUT2D eigenvalue weighted by Crippen LogP contribution is 2.36. The van der Waals surface area contributed by atoms with Crippen molar-refractivity contribution < 1.29 is 17.9 Å². The van der Waals surface area contributed by atoms with Crippen molar-refractivity contribution in [2.24, 2.45) is 0 Å². The van der Waals surface area contributed by atoms with Crippen LogP contribution in [0.1, 0.15) is 36.3 Å². The Morgan fingerprint density at radius 3 is 2.88 bits per heavy atom. The van der Waals surface area contributed by atoms with Crippen LogP contribution in [-0.2, 0) is 14.8 Å². The predicted molar refractivity (Wildman–Crippen MR) is 86.9 cm³/mol. The van der Waals surface area contributed by atoms with Crippen LogP contribution in [0.3, 0.4) is 0 Å². The number of nitrogens with one attached hydrogen (secondary N) is 1. The molecule has 2 fully saturated rings. The quantitative estimate of drug-likeness (QED) is 0.828. The number of nitrogens with zero attached hydrogens (tertiary/aromatic N) is 3. The third-order valence-electron chi connectivity index (χ3n) is 4.51. The van der Waals surface area contributed by atoms with Gasteiger partial charge in [0, 0.05) is 25.5 Å². The molecule has 9 heteroatoms. The molecular formula is C15H22N4O4S. The molecule has 0 aromatic carbocycles. The van der Waals surface area contributed by atoms with Gasteiger partial charge in [-0.1, -0.05) is 0 Å². The standard InChI is InChI=1S/C15H22N4O4S/c1-24(21,22)18-10-12-4-2-5-15(23-12)6-9-19(11-15)14(20)13-16-7-3-8-17-13/h3,7-8,12,18H,2,4-6,9-11H2,1H3/t12-,15-/m0/s1. The first-order valence-corrected chi connectivity index (χ1v) is 9.95. The van der Waals surface area contributed by atoms with E-state index in [4.69, 9.17) is 4.74 Å². The van der Waals surface area contributed by atoms with Crippen molar-refractivity contribution in [3.8, 4) is 0 Å². The zero-order valence-electron chi connectivity index (χ0n) is 13.6. The monoisotopic (exact) mass is 354 g/mol. The molecule has 0 aliphatic carbocycles. The van der Waals surface area contributed by atoms with Crippen LogP contribution in [0, 0.1) is 0 Å². The van der Waals surface area contributed by atoms with E-state index in [0.29, 0.717) is 13.1 Å². The van der Waals surface area contributed by atoms with Gasteiger partial charge in [0.15, 0.2) is 0 Å². The molecule has 3 rings (SSSR count). The largest absolute Gasteiger partial charge is 0.368 e. The Balaban J connectivity index is 1.62. The maximum atomic E-state index is 12.5. The Bertz CT molecular complexity index is 697. The van der Waals surface area contributed by atoms with E-state index in [-0.39, 0.29) is 30.0 Å². The molecule has 3 heterocycles. The molecule has 8 nitrogen and oxygen atoms in total. The second-order valence-electron chi connectivity index (χ2n) is 6.48. The molecule has 1 spiro atoms. The normalized spacial score (nSPS) is 27.5. The minimum absolute atomic E-state index is 0.156. The Labute approximate surface area is 141 Å². The van der Waals surface area contributed by atoms with Crippen molar-refractivity contribution in [3.63, 3.8) is 0 Å². The van der Waals surface area contributed by atoms with Crippen LogP contribution in [0.25, 0.3) is 0 Å². The number of carbonyl (C=O) groups is 1. The predicted octanol–water partition coefficient (Wildman–Crippen LogP) is 0.180. The first-order valence-electron chi connectivity index (χ1n) is 8.06. The van der Waals surface area contributed by atoms with E-state index in [2.05, 4.69) is 14.7 Å². The van der Waals surface area contributed by atoms with E-state index in [1.165, 1.54) is 0 Å². The molecule has 0 bridgehead atoms. The fourth-order valence-electron chi connectivity index (χ4n) is 3.38. The third-order valence-corrected chi connectivity index (χ3v) is 5.20. The summed E-state index contributed by atoms with van der Waals surface area (Å²) in [7, 11) is -3.23. The maximum Gasteiger partial charge on any atom is 0.291 e. The lowest BCUT2D eigenvalue weighted by Gasteiger charge is -2.38. The lowest BCUT2D eigenvalue weighted by atomic mass is 9.90. The summed E-state index contributed by atoms with van der Waals surface area (Å²) in [5.74, 6) is 0.00751. The number of carbonyl (C=O) groups excluding carboxylic acids is 1. The Morgan fingerprint density at radius 1 is 1.42 bits per heavy atom. The second kappa shape index (κ2) is 6.73. The summed E-state index contributed by atoms with van der Waals surface area (Å²) in [4.78, 5) is 22.2. The van der Waals surface area contributed by atoms with Gasteiger partial charge < -0.3 is 9.64 Å². The van der Waals surface area contributed by atoms with Gasteiger partial charge in [-0.15, -0.1) is 0 Å². The number of ether oxygens (including phenoxy) is 1. The van der Waals surface area contributed by atoms with Crippen LogP contribution in [0.4, 0.5) is 0 Å². The molecule has 0 unspecified atom stereocenters. The molecular weight excluding hydrogens is 332 g/mol. The fraction of sp³-hybridized carbons (Fsp3) is 0.667. The van der Waals surface area contributed by atoms with Gasteiger partial charge in [-0.3, -0.25) is 4.79 Å². The van der Waals surface area contributed by atoms with Crippen molar-refractivity contribution in [1.82, 2.24) is 19.6 Å². The van der Waals surface area contributed by atoms with Crippen LogP contribution in [0.2, 0.25) is 0 Å². The van der Waals surface area contributed by atoms with Crippen LogP contribution < -0.4 is 4.72 Å². The van der Waals surface area contributed by atoms with E-state index in [1.807, 2.05) is 0 Å². The molecule has 1 amide bonds. The SMILES string of the molecule is CS(=O)(=O)NC[C@@H]1CCC[C@@]2(CCN(C(=O)c3ncccn3)C2)O1. The highest BCUT2D eigenvalue weighted by molar-refractivity contribution is 7.88. The van der Waals surface area contributed by atoms with Gasteiger partial charge in [0.2, 0.25) is 15.8 Å². The zero-order chi connectivity index (χ0) is 17.2. The maximum absolute atomic E-state index is 12.5. The molecule has 1 aromatic rings. The van der Waals surface area contributed by atoms with E-state index < -0.39 is 10.0 Å². The van der Waals surface area contributed by atoms with E-state index in [0.717, 1.165) is 31.9 Å². The number of likely N-dealkylation sites (tertiary alicyclic amines) is 1. The smallest absolute Gasteiger partial charge is 0.291 e. The molecule has 1 aromatic heterocycles. The first-order chi connectivity index (χ1) is 11.4. The fourth-order valence-corrected chi connectivity index (χ4v) is 3.87. The van der Waals surface area contributed by atoms with Crippen LogP contribution in [-0.4, -0.2) is 66.8 Å². The van der Waals surface area contributed by atoms with Gasteiger partial charge in [-0.25, -0.2) is 23.1 Å². The number of amides is 1. The summed E-state index contributed by atoms with van der Waals surface area (Å²) < 4.78 is 31.2. The van der Waals surface area contributed by atoms with E-state index >= 15 is 0 Å². The van der Waals surface area contributed by atoms with Gasteiger partial charge in [-0.05, 0) is 31.7 Å². The summed E-state index contributed by atoms with van der Waals surface area (Å²) in [5, 5.41) is 0. The summed E-state index contributed by atoms with van der Waals surface area (Å²) in [6.07, 6.45) is 7.49. The van der Waals surface area contributed by atoms with Crippen molar-refractivity contribution >= 4 is 15.9 Å². The van der Waals surface area contributed by atoms with Crippen LogP contribution >= 0.6 is 0 Å². The van der Waals surface area contributed by atoms with Gasteiger partial charge in [-0.2, -0.15) is 0 Å². The molecule has 0 radical (unpaired) electrons. The van der Waals surface area contributed by atoms with Gasteiger partial charge in [0.25, 0.3) is 5.91 Å². The molecule has 2 aliphatic heterocycles. The van der Waals surface area contributed by atoms with E-state index in [9.17, 15) is 13.2 Å². The Kier molecular flexibility index (Phi) is 4.84. The van der Waals surface area contributed by atoms with Crippen molar-refractivity contribution in [1.29, 1.82) is 0 Å². The highest BCUT2D eigenvalue weighted by Gasteiger charge is 2.44. The van der Waals surface area contributed by atoms with Crippen molar-refractivity contribution in [3.05, 3.63) is 24.3 Å². The second-order valence-corrected chi connectivity index (χ2v) is 8.32. The number of hydrogen-bond donors (Lipinski definition) is 1. The molecule has 24 heavy (non-hydrogen) atoms. The zero-order valence-corrected chi connectivity index (χ0v) is 14.5. The average molecular weight is 354 g/mol.